The van der Waals surface area contributed by atoms with Crippen molar-refractivity contribution in [2.75, 3.05) is 12.8 Å². The lowest BCUT2D eigenvalue weighted by Crippen LogP contribution is -2.49. The molecule has 0 N–H and O–H groups in total. The standard InChI is InChI=1S/C14H22NOP/c16-13-6-3-9-15(13)10-17-11-4-1-7-14(11)8-2-5-12(14)17/h11-12H,1-10H2. The van der Waals surface area contributed by atoms with Crippen LogP contribution in [0.1, 0.15) is 51.4 Å². The van der Waals surface area contributed by atoms with Crippen LogP contribution in [0.4, 0.5) is 0 Å². The Bertz CT molecular complexity index is 336. The number of rotatable bonds is 2. The van der Waals surface area contributed by atoms with Gasteiger partial charge >= 0.3 is 0 Å². The molecule has 1 spiro atoms. The molecule has 2 heterocycles. The van der Waals surface area contributed by atoms with E-state index in [0.29, 0.717) is 5.91 Å². The average Bonchev–Trinajstić information content (AvgIpc) is 2.98. The Balaban J connectivity index is 1.50. The smallest absolute Gasteiger partial charge is 0.222 e. The highest BCUT2D eigenvalue weighted by Crippen LogP contribution is 2.79. The van der Waals surface area contributed by atoms with Crippen molar-refractivity contribution < 1.29 is 4.79 Å². The lowest BCUT2D eigenvalue weighted by atomic mass is 9.82. The molecule has 94 valence electrons. The fourth-order valence-electron chi connectivity index (χ4n) is 5.21. The number of likely N-dealkylation sites (tertiary alicyclic amines) is 1. The summed E-state index contributed by atoms with van der Waals surface area (Å²) in [5.41, 5.74) is 2.91. The average molecular weight is 251 g/mol. The minimum absolute atomic E-state index is 0.180. The molecule has 2 aliphatic carbocycles. The van der Waals surface area contributed by atoms with Gasteiger partial charge in [-0.1, -0.05) is 20.8 Å². The van der Waals surface area contributed by atoms with Crippen LogP contribution in [0.25, 0.3) is 0 Å². The maximum atomic E-state index is 11.8. The second-order valence-electron chi connectivity index (χ2n) is 6.47. The summed E-state index contributed by atoms with van der Waals surface area (Å²) in [7, 11) is 0.180. The first-order valence-electron chi connectivity index (χ1n) is 7.35. The van der Waals surface area contributed by atoms with Crippen LogP contribution in [0.3, 0.4) is 0 Å². The number of amides is 1. The van der Waals surface area contributed by atoms with Gasteiger partial charge in [0.2, 0.25) is 5.91 Å². The molecule has 0 aromatic heterocycles. The van der Waals surface area contributed by atoms with E-state index in [0.717, 1.165) is 36.1 Å². The number of nitrogens with zero attached hydrogens (tertiary/aromatic N) is 1. The fourth-order valence-corrected chi connectivity index (χ4v) is 9.71. The van der Waals surface area contributed by atoms with E-state index in [-0.39, 0.29) is 7.92 Å². The number of carbonyl (C=O) groups excluding carboxylic acids is 1. The molecular weight excluding hydrogens is 229 g/mol. The van der Waals surface area contributed by atoms with Gasteiger partial charge in [-0.25, -0.2) is 0 Å². The summed E-state index contributed by atoms with van der Waals surface area (Å²) in [5.74, 6) is 0.445. The van der Waals surface area contributed by atoms with Gasteiger partial charge in [-0.15, -0.1) is 0 Å². The quantitative estimate of drug-likeness (QED) is 0.690. The topological polar surface area (TPSA) is 20.3 Å². The third kappa shape index (κ3) is 1.34. The molecule has 0 aromatic carbocycles. The molecule has 2 saturated heterocycles. The van der Waals surface area contributed by atoms with E-state index in [9.17, 15) is 4.79 Å². The van der Waals surface area contributed by atoms with Crippen molar-refractivity contribution >= 4 is 13.8 Å². The summed E-state index contributed by atoms with van der Waals surface area (Å²) in [6.45, 7) is 1.06. The molecule has 2 atom stereocenters. The van der Waals surface area contributed by atoms with Crippen LogP contribution in [0.2, 0.25) is 0 Å². The summed E-state index contributed by atoms with van der Waals surface area (Å²) in [4.78, 5) is 14.0. The van der Waals surface area contributed by atoms with Crippen molar-refractivity contribution in [2.24, 2.45) is 5.41 Å². The van der Waals surface area contributed by atoms with E-state index in [1.807, 2.05) is 0 Å². The highest BCUT2D eigenvalue weighted by atomic mass is 31.1. The van der Waals surface area contributed by atoms with Crippen molar-refractivity contribution in [3.8, 4) is 0 Å². The third-order valence-electron chi connectivity index (χ3n) is 5.87. The largest absolute Gasteiger partial charge is 0.339 e. The normalized spacial score (nSPS) is 48.1. The van der Waals surface area contributed by atoms with Crippen LogP contribution >= 0.6 is 7.92 Å². The van der Waals surface area contributed by atoms with Crippen LogP contribution < -0.4 is 0 Å². The summed E-state index contributed by atoms with van der Waals surface area (Å²) in [6.07, 6.45) is 12.1. The highest BCUT2D eigenvalue weighted by molar-refractivity contribution is 7.61. The van der Waals surface area contributed by atoms with Crippen molar-refractivity contribution in [2.45, 2.75) is 62.7 Å². The van der Waals surface area contributed by atoms with Gasteiger partial charge in [0.05, 0.1) is 0 Å². The molecule has 17 heavy (non-hydrogen) atoms. The van der Waals surface area contributed by atoms with Crippen molar-refractivity contribution in [3.05, 3.63) is 0 Å². The van der Waals surface area contributed by atoms with Crippen LogP contribution in [-0.2, 0) is 4.79 Å². The molecule has 2 aliphatic heterocycles. The first kappa shape index (κ1) is 10.8. The Morgan fingerprint density at radius 2 is 1.88 bits per heavy atom. The Morgan fingerprint density at radius 3 is 2.47 bits per heavy atom. The summed E-state index contributed by atoms with van der Waals surface area (Å²) >= 11 is 0. The monoisotopic (exact) mass is 251 g/mol. The predicted molar refractivity (Wildman–Crippen MR) is 70.4 cm³/mol. The lowest BCUT2D eigenvalue weighted by Gasteiger charge is -2.57. The molecular formula is C14H22NOP. The molecule has 3 heteroatoms. The molecule has 4 fully saturated rings. The molecule has 2 saturated carbocycles. The Labute approximate surface area is 105 Å². The molecule has 4 rings (SSSR count). The zero-order valence-electron chi connectivity index (χ0n) is 10.5. The van der Waals surface area contributed by atoms with E-state index in [1.54, 1.807) is 0 Å². The van der Waals surface area contributed by atoms with Gasteiger partial charge in [-0.05, 0) is 48.8 Å². The Hall–Kier alpha value is -0.100. The molecule has 0 radical (unpaired) electrons. The van der Waals surface area contributed by atoms with Gasteiger partial charge in [-0.3, -0.25) is 4.79 Å². The zero-order chi connectivity index (χ0) is 11.5. The van der Waals surface area contributed by atoms with Gasteiger partial charge in [0.15, 0.2) is 0 Å². The maximum Gasteiger partial charge on any atom is 0.222 e. The molecule has 4 aliphatic rings. The van der Waals surface area contributed by atoms with Gasteiger partial charge in [-0.2, -0.15) is 0 Å². The van der Waals surface area contributed by atoms with Gasteiger partial charge < -0.3 is 4.90 Å². The summed E-state index contributed by atoms with van der Waals surface area (Å²) < 4.78 is 0. The second kappa shape index (κ2) is 3.70. The van der Waals surface area contributed by atoms with Crippen LogP contribution in [0, 0.1) is 5.41 Å². The minimum Gasteiger partial charge on any atom is -0.339 e. The summed E-state index contributed by atoms with van der Waals surface area (Å²) in [6, 6.07) is 0. The lowest BCUT2D eigenvalue weighted by molar-refractivity contribution is -0.126. The number of carbonyl (C=O) groups is 1. The third-order valence-corrected chi connectivity index (χ3v) is 9.69. The first-order chi connectivity index (χ1) is 8.31. The van der Waals surface area contributed by atoms with Gasteiger partial charge in [0, 0.05) is 19.3 Å². The molecule has 0 bridgehead atoms. The van der Waals surface area contributed by atoms with Crippen LogP contribution in [0.5, 0.6) is 0 Å². The minimum atomic E-state index is 0.180. The van der Waals surface area contributed by atoms with Crippen molar-refractivity contribution in [1.82, 2.24) is 4.90 Å². The molecule has 2 nitrogen and oxygen atoms in total. The highest BCUT2D eigenvalue weighted by Gasteiger charge is 2.64. The molecule has 0 aromatic rings. The molecule has 1 amide bonds. The predicted octanol–water partition coefficient (Wildman–Crippen LogP) is 3.15. The van der Waals surface area contributed by atoms with E-state index in [4.69, 9.17) is 0 Å². The maximum absolute atomic E-state index is 11.8. The fraction of sp³-hybridized carbons (Fsp3) is 0.929. The zero-order valence-corrected chi connectivity index (χ0v) is 11.4. The van der Waals surface area contributed by atoms with Crippen LogP contribution in [-0.4, -0.2) is 35.0 Å². The van der Waals surface area contributed by atoms with E-state index < -0.39 is 0 Å². The van der Waals surface area contributed by atoms with Gasteiger partial charge in [0.1, 0.15) is 0 Å². The second-order valence-corrected chi connectivity index (χ2v) is 9.02. The van der Waals surface area contributed by atoms with Crippen molar-refractivity contribution in [1.29, 1.82) is 0 Å². The summed E-state index contributed by atoms with van der Waals surface area (Å²) in [5, 5.41) is 0. The molecule has 2 unspecified atom stereocenters. The van der Waals surface area contributed by atoms with Crippen LogP contribution in [0.15, 0.2) is 0 Å². The Kier molecular flexibility index (Phi) is 2.35. The van der Waals surface area contributed by atoms with E-state index in [1.165, 1.54) is 44.8 Å². The van der Waals surface area contributed by atoms with E-state index in [2.05, 4.69) is 4.90 Å². The van der Waals surface area contributed by atoms with Gasteiger partial charge in [0.25, 0.3) is 0 Å². The number of hydrogen-bond acceptors (Lipinski definition) is 1. The Morgan fingerprint density at radius 1 is 1.18 bits per heavy atom. The number of hydrogen-bond donors (Lipinski definition) is 0. The van der Waals surface area contributed by atoms with E-state index >= 15 is 0 Å². The SMILES string of the molecule is O=C1CCCN1CP1C2CCCC23CCCC13. The first-order valence-corrected chi connectivity index (χ1v) is 9.01. The van der Waals surface area contributed by atoms with Crippen molar-refractivity contribution in [3.63, 3.8) is 0 Å².